The Balaban J connectivity index is 2.33. The number of carboxylic acid groups (broad SMARTS) is 1. The number of hydrogen-bond donors (Lipinski definition) is 2. The molecule has 2 unspecified atom stereocenters. The minimum absolute atomic E-state index is 0.0352. The fourth-order valence-corrected chi connectivity index (χ4v) is 2.00. The summed E-state index contributed by atoms with van der Waals surface area (Å²) in [6, 6.07) is -0.442. The van der Waals surface area contributed by atoms with E-state index in [0.29, 0.717) is 13.1 Å². The van der Waals surface area contributed by atoms with Crippen molar-refractivity contribution in [2.45, 2.75) is 45.3 Å². The van der Waals surface area contributed by atoms with Crippen LogP contribution >= 0.6 is 0 Å². The molecule has 0 aliphatic carbocycles. The standard InChI is InChI=1S/C12H20N2O5/c1-8-6-14(7-9(2)19-8)12(18)13-10(15)4-3-5-11(16)17/h8-9H,3-7H2,1-2H3,(H,16,17)(H,13,15,18). The van der Waals surface area contributed by atoms with E-state index >= 15 is 0 Å². The molecule has 1 rings (SSSR count). The van der Waals surface area contributed by atoms with Crippen molar-refractivity contribution in [3.8, 4) is 0 Å². The maximum absolute atomic E-state index is 11.8. The zero-order valence-corrected chi connectivity index (χ0v) is 11.2. The zero-order valence-electron chi connectivity index (χ0n) is 11.2. The van der Waals surface area contributed by atoms with Gasteiger partial charge in [-0.3, -0.25) is 14.9 Å². The van der Waals surface area contributed by atoms with Crippen LogP contribution in [0, 0.1) is 0 Å². The Morgan fingerprint density at radius 1 is 1.21 bits per heavy atom. The van der Waals surface area contributed by atoms with E-state index in [9.17, 15) is 14.4 Å². The van der Waals surface area contributed by atoms with Gasteiger partial charge in [0.2, 0.25) is 5.91 Å². The molecule has 0 bridgehead atoms. The normalized spacial score (nSPS) is 22.9. The minimum atomic E-state index is -0.949. The van der Waals surface area contributed by atoms with Gasteiger partial charge in [-0.25, -0.2) is 4.79 Å². The number of imide groups is 1. The first-order chi connectivity index (χ1) is 8.88. The fourth-order valence-electron chi connectivity index (χ4n) is 2.00. The van der Waals surface area contributed by atoms with Crippen molar-refractivity contribution in [3.05, 3.63) is 0 Å². The lowest BCUT2D eigenvalue weighted by molar-refractivity contribution is -0.137. The van der Waals surface area contributed by atoms with Gasteiger partial charge in [-0.15, -0.1) is 0 Å². The van der Waals surface area contributed by atoms with Crippen LogP contribution in [0.1, 0.15) is 33.1 Å². The van der Waals surface area contributed by atoms with E-state index in [1.54, 1.807) is 0 Å². The van der Waals surface area contributed by atoms with Crippen LogP contribution in [0.25, 0.3) is 0 Å². The second kappa shape index (κ2) is 7.08. The minimum Gasteiger partial charge on any atom is -0.481 e. The molecule has 2 atom stereocenters. The van der Waals surface area contributed by atoms with Crippen LogP contribution in [0.3, 0.4) is 0 Å². The van der Waals surface area contributed by atoms with E-state index < -0.39 is 17.9 Å². The van der Waals surface area contributed by atoms with Gasteiger partial charge in [-0.2, -0.15) is 0 Å². The van der Waals surface area contributed by atoms with Crippen molar-refractivity contribution in [2.75, 3.05) is 13.1 Å². The highest BCUT2D eigenvalue weighted by Crippen LogP contribution is 2.10. The molecule has 108 valence electrons. The number of carbonyl (C=O) groups is 3. The summed E-state index contributed by atoms with van der Waals surface area (Å²) in [5.41, 5.74) is 0. The molecule has 1 aliphatic rings. The van der Waals surface area contributed by atoms with E-state index in [2.05, 4.69) is 5.32 Å². The molecule has 0 radical (unpaired) electrons. The number of hydrogen-bond acceptors (Lipinski definition) is 4. The summed E-state index contributed by atoms with van der Waals surface area (Å²) in [5.74, 6) is -1.40. The Bertz CT molecular complexity index is 348. The summed E-state index contributed by atoms with van der Waals surface area (Å²) in [7, 11) is 0. The quantitative estimate of drug-likeness (QED) is 0.780. The molecule has 1 heterocycles. The summed E-state index contributed by atoms with van der Waals surface area (Å²) in [4.78, 5) is 35.1. The largest absolute Gasteiger partial charge is 0.481 e. The molecule has 2 N–H and O–H groups in total. The average molecular weight is 272 g/mol. The lowest BCUT2D eigenvalue weighted by atomic mass is 10.2. The van der Waals surface area contributed by atoms with Gasteiger partial charge in [0.25, 0.3) is 0 Å². The molecule has 3 amide bonds. The molecule has 1 fully saturated rings. The van der Waals surface area contributed by atoms with Gasteiger partial charge in [0.05, 0.1) is 12.2 Å². The Kier molecular flexibility index (Phi) is 5.75. The van der Waals surface area contributed by atoms with Crippen LogP contribution in [0.5, 0.6) is 0 Å². The van der Waals surface area contributed by atoms with Crippen molar-refractivity contribution < 1.29 is 24.2 Å². The lowest BCUT2D eigenvalue weighted by Gasteiger charge is -2.35. The summed E-state index contributed by atoms with van der Waals surface area (Å²) in [6.07, 6.45) is 0.0682. The molecule has 1 saturated heterocycles. The van der Waals surface area contributed by atoms with Crippen molar-refractivity contribution in [2.24, 2.45) is 0 Å². The molecule has 1 aliphatic heterocycles. The van der Waals surface area contributed by atoms with Gasteiger partial charge < -0.3 is 14.7 Å². The Morgan fingerprint density at radius 3 is 2.32 bits per heavy atom. The zero-order chi connectivity index (χ0) is 14.4. The number of nitrogens with zero attached hydrogens (tertiary/aromatic N) is 1. The van der Waals surface area contributed by atoms with Crippen molar-refractivity contribution in [1.82, 2.24) is 10.2 Å². The Hall–Kier alpha value is -1.63. The molecule has 7 heteroatoms. The maximum Gasteiger partial charge on any atom is 0.324 e. The van der Waals surface area contributed by atoms with Gasteiger partial charge >= 0.3 is 12.0 Å². The molecule has 0 saturated carbocycles. The second-order valence-corrected chi connectivity index (χ2v) is 4.76. The third kappa shape index (κ3) is 5.69. The topological polar surface area (TPSA) is 95.9 Å². The van der Waals surface area contributed by atoms with Crippen LogP contribution in [-0.4, -0.2) is 53.2 Å². The molecular formula is C12H20N2O5. The summed E-state index contributed by atoms with van der Waals surface area (Å²) < 4.78 is 5.49. The third-order valence-electron chi connectivity index (χ3n) is 2.75. The number of carboxylic acids is 1. The SMILES string of the molecule is CC1CN(C(=O)NC(=O)CCCC(=O)O)CC(C)O1. The van der Waals surface area contributed by atoms with Crippen LogP contribution < -0.4 is 5.32 Å². The molecular weight excluding hydrogens is 252 g/mol. The smallest absolute Gasteiger partial charge is 0.324 e. The molecule has 0 aromatic rings. The highest BCUT2D eigenvalue weighted by molar-refractivity contribution is 5.94. The predicted octanol–water partition coefficient (Wildman–Crippen LogP) is 0.587. The van der Waals surface area contributed by atoms with E-state index in [-0.39, 0.29) is 31.5 Å². The Morgan fingerprint density at radius 2 is 1.79 bits per heavy atom. The third-order valence-corrected chi connectivity index (χ3v) is 2.75. The second-order valence-electron chi connectivity index (χ2n) is 4.76. The van der Waals surface area contributed by atoms with Crippen LogP contribution in [-0.2, 0) is 14.3 Å². The van der Waals surface area contributed by atoms with Crippen LogP contribution in [0.2, 0.25) is 0 Å². The van der Waals surface area contributed by atoms with Crippen molar-refractivity contribution in [1.29, 1.82) is 0 Å². The summed E-state index contributed by atoms with van der Waals surface area (Å²) in [6.45, 7) is 4.62. The monoisotopic (exact) mass is 272 g/mol. The highest BCUT2D eigenvalue weighted by Gasteiger charge is 2.26. The number of morpholine rings is 1. The van der Waals surface area contributed by atoms with E-state index in [1.165, 1.54) is 4.90 Å². The summed E-state index contributed by atoms with van der Waals surface area (Å²) >= 11 is 0. The number of urea groups is 1. The number of amides is 3. The maximum atomic E-state index is 11.8. The number of carbonyl (C=O) groups excluding carboxylic acids is 2. The Labute approximate surface area is 111 Å². The molecule has 7 nitrogen and oxygen atoms in total. The first-order valence-electron chi connectivity index (χ1n) is 6.34. The molecule has 0 aromatic carbocycles. The number of ether oxygens (including phenoxy) is 1. The molecule has 0 aromatic heterocycles. The van der Waals surface area contributed by atoms with Crippen LogP contribution in [0.15, 0.2) is 0 Å². The number of rotatable bonds is 4. The molecule has 19 heavy (non-hydrogen) atoms. The first kappa shape index (κ1) is 15.4. The number of nitrogens with one attached hydrogen (secondary N) is 1. The summed E-state index contributed by atoms with van der Waals surface area (Å²) in [5, 5.41) is 10.7. The van der Waals surface area contributed by atoms with E-state index in [4.69, 9.17) is 9.84 Å². The fraction of sp³-hybridized carbons (Fsp3) is 0.750. The van der Waals surface area contributed by atoms with E-state index in [1.807, 2.05) is 13.8 Å². The lowest BCUT2D eigenvalue weighted by Crippen LogP contribution is -2.52. The highest BCUT2D eigenvalue weighted by atomic mass is 16.5. The van der Waals surface area contributed by atoms with Crippen molar-refractivity contribution in [3.63, 3.8) is 0 Å². The van der Waals surface area contributed by atoms with Gasteiger partial charge in [-0.05, 0) is 20.3 Å². The van der Waals surface area contributed by atoms with Gasteiger partial charge in [-0.1, -0.05) is 0 Å². The van der Waals surface area contributed by atoms with Crippen LogP contribution in [0.4, 0.5) is 4.79 Å². The average Bonchev–Trinajstić information content (AvgIpc) is 2.26. The van der Waals surface area contributed by atoms with Gasteiger partial charge in [0.1, 0.15) is 0 Å². The first-order valence-corrected chi connectivity index (χ1v) is 6.34. The predicted molar refractivity (Wildman–Crippen MR) is 66.6 cm³/mol. The van der Waals surface area contributed by atoms with E-state index in [0.717, 1.165) is 0 Å². The van der Waals surface area contributed by atoms with Gasteiger partial charge in [0.15, 0.2) is 0 Å². The van der Waals surface area contributed by atoms with Gasteiger partial charge in [0, 0.05) is 25.9 Å². The number of aliphatic carboxylic acids is 1. The van der Waals surface area contributed by atoms with Crippen molar-refractivity contribution >= 4 is 17.9 Å². The molecule has 0 spiro atoms.